The summed E-state index contributed by atoms with van der Waals surface area (Å²) in [5.74, 6) is 0.348. The average molecular weight is 334 g/mol. The molecule has 22 heavy (non-hydrogen) atoms. The van der Waals surface area contributed by atoms with Crippen LogP contribution in [-0.2, 0) is 11.0 Å². The van der Waals surface area contributed by atoms with Gasteiger partial charge in [-0.15, -0.1) is 0 Å². The van der Waals surface area contributed by atoms with E-state index in [2.05, 4.69) is 15.8 Å². The molecule has 0 saturated heterocycles. The fourth-order valence-electron chi connectivity index (χ4n) is 1.62. The molecule has 2 N–H and O–H groups in total. The van der Waals surface area contributed by atoms with Gasteiger partial charge in [-0.3, -0.25) is 4.79 Å². The molecule has 0 aliphatic heterocycles. The van der Waals surface area contributed by atoms with Gasteiger partial charge < -0.3 is 15.2 Å². The number of carbonyl (C=O) groups is 1. The molecule has 0 radical (unpaired) electrons. The van der Waals surface area contributed by atoms with Crippen molar-refractivity contribution < 1.29 is 22.5 Å². The maximum Gasteiger partial charge on any atom is 0.416 e. The Morgan fingerprint density at radius 1 is 1.36 bits per heavy atom. The molecule has 0 aliphatic carbocycles. The van der Waals surface area contributed by atoms with Crippen LogP contribution in [0.2, 0.25) is 5.02 Å². The Bertz CT molecular complexity index is 685. The molecule has 1 heterocycles. The third kappa shape index (κ3) is 4.14. The topological polar surface area (TPSA) is 67.2 Å². The standard InChI is InChI=1S/C13H11ClF3N3O2/c1-7-4-11(20-22-7)19-12(21)6-18-10-3-2-8(5-9(10)14)13(15,16)17/h2-5,18H,6H2,1H3,(H,19,20,21). The lowest BCUT2D eigenvalue weighted by molar-refractivity contribution is -0.137. The smallest absolute Gasteiger partial charge is 0.375 e. The number of nitrogens with one attached hydrogen (secondary N) is 2. The number of aryl methyl sites for hydroxylation is 1. The lowest BCUT2D eigenvalue weighted by atomic mass is 10.2. The quantitative estimate of drug-likeness (QED) is 0.895. The first-order chi connectivity index (χ1) is 10.3. The minimum Gasteiger partial charge on any atom is -0.375 e. The summed E-state index contributed by atoms with van der Waals surface area (Å²) in [6.45, 7) is 1.49. The SMILES string of the molecule is Cc1cc(NC(=O)CNc2ccc(C(F)(F)F)cc2Cl)no1. The van der Waals surface area contributed by atoms with Gasteiger partial charge in [-0.25, -0.2) is 0 Å². The van der Waals surface area contributed by atoms with Crippen molar-refractivity contribution in [2.24, 2.45) is 0 Å². The van der Waals surface area contributed by atoms with E-state index >= 15 is 0 Å². The van der Waals surface area contributed by atoms with Gasteiger partial charge >= 0.3 is 6.18 Å². The zero-order valence-corrected chi connectivity index (χ0v) is 12.0. The molecule has 118 valence electrons. The van der Waals surface area contributed by atoms with Crippen LogP contribution in [0.5, 0.6) is 0 Å². The van der Waals surface area contributed by atoms with Crippen molar-refractivity contribution in [3.8, 4) is 0 Å². The number of hydrogen-bond acceptors (Lipinski definition) is 4. The van der Waals surface area contributed by atoms with E-state index in [0.29, 0.717) is 5.76 Å². The van der Waals surface area contributed by atoms with Crippen LogP contribution >= 0.6 is 11.6 Å². The van der Waals surface area contributed by atoms with Crippen LogP contribution in [0.4, 0.5) is 24.7 Å². The van der Waals surface area contributed by atoms with Gasteiger partial charge in [0.25, 0.3) is 0 Å². The van der Waals surface area contributed by atoms with E-state index < -0.39 is 17.6 Å². The first kappa shape index (κ1) is 16.2. The van der Waals surface area contributed by atoms with Crippen molar-refractivity contribution in [2.75, 3.05) is 17.2 Å². The second kappa shape index (κ2) is 6.27. The maximum absolute atomic E-state index is 12.5. The molecule has 1 aromatic carbocycles. The first-order valence-corrected chi connectivity index (χ1v) is 6.47. The molecular formula is C13H11ClF3N3O2. The second-order valence-corrected chi connectivity index (χ2v) is 4.82. The number of alkyl halides is 3. The summed E-state index contributed by atoms with van der Waals surface area (Å²) in [6.07, 6.45) is -4.47. The van der Waals surface area contributed by atoms with Crippen LogP contribution < -0.4 is 10.6 Å². The zero-order chi connectivity index (χ0) is 16.3. The van der Waals surface area contributed by atoms with Crippen molar-refractivity contribution in [1.29, 1.82) is 0 Å². The van der Waals surface area contributed by atoms with Crippen molar-refractivity contribution >= 4 is 29.0 Å². The fraction of sp³-hybridized carbons (Fsp3) is 0.231. The molecule has 0 fully saturated rings. The Morgan fingerprint density at radius 3 is 2.64 bits per heavy atom. The highest BCUT2D eigenvalue weighted by Crippen LogP contribution is 2.33. The number of amides is 1. The lowest BCUT2D eigenvalue weighted by Crippen LogP contribution is -2.22. The van der Waals surface area contributed by atoms with Crippen LogP contribution in [0.15, 0.2) is 28.8 Å². The molecule has 0 aliphatic rings. The van der Waals surface area contributed by atoms with Crippen LogP contribution in [0.1, 0.15) is 11.3 Å². The molecule has 0 atom stereocenters. The summed E-state index contributed by atoms with van der Waals surface area (Å²) in [4.78, 5) is 11.7. The monoisotopic (exact) mass is 333 g/mol. The second-order valence-electron chi connectivity index (χ2n) is 4.42. The van der Waals surface area contributed by atoms with Crippen molar-refractivity contribution in [1.82, 2.24) is 5.16 Å². The Morgan fingerprint density at radius 2 is 2.09 bits per heavy atom. The van der Waals surface area contributed by atoms with Gasteiger partial charge in [0.1, 0.15) is 5.76 Å². The third-order valence-electron chi connectivity index (χ3n) is 2.63. The number of halogens is 4. The van der Waals surface area contributed by atoms with Gasteiger partial charge in [0, 0.05) is 6.07 Å². The summed E-state index contributed by atoms with van der Waals surface area (Å²) in [5, 5.41) is 8.56. The molecule has 9 heteroatoms. The molecule has 5 nitrogen and oxygen atoms in total. The lowest BCUT2D eigenvalue weighted by Gasteiger charge is -2.11. The maximum atomic E-state index is 12.5. The van der Waals surface area contributed by atoms with E-state index in [9.17, 15) is 18.0 Å². The number of benzene rings is 1. The molecule has 2 aromatic rings. The molecule has 0 bridgehead atoms. The minimum atomic E-state index is -4.47. The van der Waals surface area contributed by atoms with Gasteiger partial charge in [0.2, 0.25) is 5.91 Å². The van der Waals surface area contributed by atoms with Crippen molar-refractivity contribution in [2.45, 2.75) is 13.1 Å². The normalized spacial score (nSPS) is 11.3. The van der Waals surface area contributed by atoms with Crippen molar-refractivity contribution in [3.05, 3.63) is 40.6 Å². The van der Waals surface area contributed by atoms with Crippen LogP contribution in [0.25, 0.3) is 0 Å². The molecule has 2 rings (SSSR count). The molecule has 1 aromatic heterocycles. The minimum absolute atomic E-state index is 0.125. The predicted molar refractivity (Wildman–Crippen MR) is 74.8 cm³/mol. The number of carbonyl (C=O) groups excluding carboxylic acids is 1. The Balaban J connectivity index is 1.95. The first-order valence-electron chi connectivity index (χ1n) is 6.09. The van der Waals surface area contributed by atoms with E-state index in [1.807, 2.05) is 0 Å². The van der Waals surface area contributed by atoms with Crippen LogP contribution in [-0.4, -0.2) is 17.6 Å². The molecule has 0 saturated carbocycles. The summed E-state index contributed by atoms with van der Waals surface area (Å²) in [5.41, 5.74) is -0.633. The number of aromatic nitrogens is 1. The number of nitrogens with zero attached hydrogens (tertiary/aromatic N) is 1. The summed E-state index contributed by atoms with van der Waals surface area (Å²) in [7, 11) is 0. The fourth-order valence-corrected chi connectivity index (χ4v) is 1.87. The number of rotatable bonds is 4. The Labute approximate surface area is 128 Å². The highest BCUT2D eigenvalue weighted by molar-refractivity contribution is 6.33. The molecular weight excluding hydrogens is 323 g/mol. The van der Waals surface area contributed by atoms with Gasteiger partial charge in [-0.2, -0.15) is 13.2 Å². The third-order valence-corrected chi connectivity index (χ3v) is 2.94. The number of hydrogen-bond donors (Lipinski definition) is 2. The average Bonchev–Trinajstić information content (AvgIpc) is 2.81. The highest BCUT2D eigenvalue weighted by atomic mass is 35.5. The predicted octanol–water partition coefficient (Wildman–Crippen LogP) is 3.71. The summed E-state index contributed by atoms with van der Waals surface area (Å²) >= 11 is 5.76. The zero-order valence-electron chi connectivity index (χ0n) is 11.3. The number of anilines is 2. The van der Waals surface area contributed by atoms with Gasteiger partial charge in [0.15, 0.2) is 5.82 Å². The highest BCUT2D eigenvalue weighted by Gasteiger charge is 2.30. The van der Waals surface area contributed by atoms with Crippen LogP contribution in [0.3, 0.4) is 0 Å². The Hall–Kier alpha value is -2.22. The summed E-state index contributed by atoms with van der Waals surface area (Å²) in [6, 6.07) is 4.37. The van der Waals surface area contributed by atoms with E-state index in [-0.39, 0.29) is 23.1 Å². The van der Waals surface area contributed by atoms with Crippen molar-refractivity contribution in [3.63, 3.8) is 0 Å². The van der Waals surface area contributed by atoms with Gasteiger partial charge in [0.05, 0.1) is 22.8 Å². The van der Waals surface area contributed by atoms with E-state index in [1.54, 1.807) is 6.92 Å². The molecule has 0 unspecified atom stereocenters. The molecule has 0 spiro atoms. The molecule has 1 amide bonds. The largest absolute Gasteiger partial charge is 0.416 e. The Kier molecular flexibility index (Phi) is 4.60. The van der Waals surface area contributed by atoms with Gasteiger partial charge in [-0.1, -0.05) is 16.8 Å². The van der Waals surface area contributed by atoms with E-state index in [0.717, 1.165) is 12.1 Å². The summed E-state index contributed by atoms with van der Waals surface area (Å²) < 4.78 is 42.3. The van der Waals surface area contributed by atoms with E-state index in [4.69, 9.17) is 16.1 Å². The van der Waals surface area contributed by atoms with E-state index in [1.165, 1.54) is 12.1 Å². The van der Waals surface area contributed by atoms with Gasteiger partial charge in [-0.05, 0) is 25.1 Å². The van der Waals surface area contributed by atoms with Crippen LogP contribution in [0, 0.1) is 6.92 Å².